The van der Waals surface area contributed by atoms with Gasteiger partial charge >= 0.3 is 0 Å². The van der Waals surface area contributed by atoms with Gasteiger partial charge in [0.2, 0.25) is 11.1 Å². The number of carbonyl (C=O) groups is 1. The molecule has 2 aromatic carbocycles. The van der Waals surface area contributed by atoms with Crippen LogP contribution in [0.1, 0.15) is 5.56 Å². The Bertz CT molecular complexity index is 915. The molecule has 0 atom stereocenters. The second-order valence-electron chi connectivity index (χ2n) is 5.18. The Morgan fingerprint density at radius 3 is 2.80 bits per heavy atom. The van der Waals surface area contributed by atoms with E-state index in [-0.39, 0.29) is 17.3 Å². The molecule has 1 amide bonds. The highest BCUT2D eigenvalue weighted by Gasteiger charge is 2.12. The van der Waals surface area contributed by atoms with Crippen LogP contribution >= 0.6 is 11.8 Å². The third-order valence-electron chi connectivity index (χ3n) is 3.22. The van der Waals surface area contributed by atoms with E-state index in [9.17, 15) is 13.6 Å². The number of nitrogens with one attached hydrogen (secondary N) is 1. The van der Waals surface area contributed by atoms with Crippen molar-refractivity contribution < 1.29 is 13.6 Å². The van der Waals surface area contributed by atoms with E-state index in [2.05, 4.69) is 20.8 Å². The highest BCUT2D eigenvalue weighted by atomic mass is 32.2. The van der Waals surface area contributed by atoms with E-state index in [1.54, 1.807) is 0 Å². The monoisotopic (exact) mass is 361 g/mol. The average Bonchev–Trinajstić information content (AvgIpc) is 3.05. The number of tetrazole rings is 1. The summed E-state index contributed by atoms with van der Waals surface area (Å²) in [4.78, 5) is 12.0. The summed E-state index contributed by atoms with van der Waals surface area (Å²) in [6, 6.07) is 10.8. The van der Waals surface area contributed by atoms with Crippen LogP contribution in [0.3, 0.4) is 0 Å². The predicted octanol–water partition coefficient (Wildman–Crippen LogP) is 2.98. The van der Waals surface area contributed by atoms with Gasteiger partial charge in [0.15, 0.2) is 11.6 Å². The molecule has 0 aliphatic carbocycles. The first-order valence-electron chi connectivity index (χ1n) is 7.26. The average molecular weight is 361 g/mol. The van der Waals surface area contributed by atoms with E-state index >= 15 is 0 Å². The molecule has 9 heteroatoms. The maximum Gasteiger partial charge on any atom is 0.234 e. The molecule has 128 valence electrons. The fourth-order valence-electron chi connectivity index (χ4n) is 2.09. The molecule has 0 saturated heterocycles. The second-order valence-corrected chi connectivity index (χ2v) is 6.12. The van der Waals surface area contributed by atoms with Crippen LogP contribution in [0.5, 0.6) is 0 Å². The molecule has 0 aliphatic rings. The van der Waals surface area contributed by atoms with Crippen LogP contribution < -0.4 is 5.32 Å². The molecule has 25 heavy (non-hydrogen) atoms. The molecule has 3 rings (SSSR count). The Hall–Kier alpha value is -2.81. The largest absolute Gasteiger partial charge is 0.325 e. The van der Waals surface area contributed by atoms with Crippen molar-refractivity contribution >= 4 is 23.4 Å². The summed E-state index contributed by atoms with van der Waals surface area (Å²) in [5.74, 6) is -2.35. The van der Waals surface area contributed by atoms with E-state index in [1.165, 1.54) is 10.7 Å². The van der Waals surface area contributed by atoms with Crippen molar-refractivity contribution in [1.29, 1.82) is 0 Å². The summed E-state index contributed by atoms with van der Waals surface area (Å²) in [7, 11) is 0. The smallest absolute Gasteiger partial charge is 0.234 e. The van der Waals surface area contributed by atoms with Gasteiger partial charge in [0.1, 0.15) is 0 Å². The Morgan fingerprint density at radius 1 is 1.20 bits per heavy atom. The van der Waals surface area contributed by atoms with Crippen LogP contribution in [0, 0.1) is 18.6 Å². The molecule has 0 saturated carbocycles. The van der Waals surface area contributed by atoms with E-state index in [1.807, 2.05) is 31.2 Å². The normalized spacial score (nSPS) is 10.7. The van der Waals surface area contributed by atoms with E-state index < -0.39 is 11.6 Å². The number of benzene rings is 2. The summed E-state index contributed by atoms with van der Waals surface area (Å²) in [5, 5.41) is 14.4. The number of aryl methyl sites for hydroxylation is 1. The van der Waals surface area contributed by atoms with E-state index in [4.69, 9.17) is 0 Å². The minimum atomic E-state index is -1.02. The lowest BCUT2D eigenvalue weighted by molar-refractivity contribution is -0.113. The molecule has 0 aliphatic heterocycles. The summed E-state index contributed by atoms with van der Waals surface area (Å²) >= 11 is 1.14. The Kier molecular flexibility index (Phi) is 5.03. The van der Waals surface area contributed by atoms with Gasteiger partial charge in [-0.15, -0.1) is 5.10 Å². The molecule has 3 aromatic rings. The Labute approximate surface area is 146 Å². The Morgan fingerprint density at radius 2 is 2.04 bits per heavy atom. The number of anilines is 1. The van der Waals surface area contributed by atoms with Crippen molar-refractivity contribution in [2.24, 2.45) is 0 Å². The number of aromatic nitrogens is 4. The van der Waals surface area contributed by atoms with Crippen molar-refractivity contribution in [3.8, 4) is 5.69 Å². The Balaban J connectivity index is 1.65. The van der Waals surface area contributed by atoms with E-state index in [0.29, 0.717) is 5.16 Å². The van der Waals surface area contributed by atoms with Gasteiger partial charge in [0, 0.05) is 11.8 Å². The van der Waals surface area contributed by atoms with Gasteiger partial charge in [-0.2, -0.15) is 4.68 Å². The maximum atomic E-state index is 13.2. The van der Waals surface area contributed by atoms with Crippen LogP contribution in [0.4, 0.5) is 14.5 Å². The molecule has 6 nitrogen and oxygen atoms in total. The summed E-state index contributed by atoms with van der Waals surface area (Å²) in [6.45, 7) is 1.95. The third kappa shape index (κ3) is 4.18. The maximum absolute atomic E-state index is 13.2. The molecule has 0 unspecified atom stereocenters. The SMILES string of the molecule is Cc1cccc(-n2nnnc2SCC(=O)Nc2ccc(F)c(F)c2)c1. The minimum Gasteiger partial charge on any atom is -0.325 e. The minimum absolute atomic E-state index is 0.0190. The molecule has 0 spiro atoms. The van der Waals surface area contributed by atoms with Crippen molar-refractivity contribution in [1.82, 2.24) is 20.2 Å². The lowest BCUT2D eigenvalue weighted by Crippen LogP contribution is -2.15. The number of carbonyl (C=O) groups excluding carboxylic acids is 1. The number of amides is 1. The zero-order valence-corrected chi connectivity index (χ0v) is 13.9. The lowest BCUT2D eigenvalue weighted by atomic mass is 10.2. The predicted molar refractivity (Wildman–Crippen MR) is 89.6 cm³/mol. The molecule has 1 heterocycles. The van der Waals surface area contributed by atoms with Gasteiger partial charge in [-0.1, -0.05) is 23.9 Å². The van der Waals surface area contributed by atoms with Crippen LogP contribution in [0.25, 0.3) is 5.69 Å². The zero-order chi connectivity index (χ0) is 17.8. The topological polar surface area (TPSA) is 72.7 Å². The summed E-state index contributed by atoms with van der Waals surface area (Å²) in [5.41, 5.74) is 2.02. The molecular weight excluding hydrogens is 348 g/mol. The highest BCUT2D eigenvalue weighted by Crippen LogP contribution is 2.19. The zero-order valence-electron chi connectivity index (χ0n) is 13.1. The molecular formula is C16H13F2N5OS. The molecule has 0 radical (unpaired) electrons. The van der Waals surface area contributed by atoms with Crippen LogP contribution in [-0.4, -0.2) is 31.9 Å². The number of thioether (sulfide) groups is 1. The van der Waals surface area contributed by atoms with Crippen LogP contribution in [-0.2, 0) is 4.79 Å². The molecule has 1 N–H and O–H groups in total. The van der Waals surface area contributed by atoms with Gasteiger partial charge in [0.25, 0.3) is 0 Å². The standard InChI is InChI=1S/C16H13F2N5OS/c1-10-3-2-4-12(7-10)23-16(20-21-22-23)25-9-15(24)19-11-5-6-13(17)14(18)8-11/h2-8H,9H2,1H3,(H,19,24). The van der Waals surface area contributed by atoms with Gasteiger partial charge in [-0.3, -0.25) is 4.79 Å². The first-order chi connectivity index (χ1) is 12.0. The number of rotatable bonds is 5. The third-order valence-corrected chi connectivity index (χ3v) is 4.14. The fraction of sp³-hybridized carbons (Fsp3) is 0.125. The molecule has 1 aromatic heterocycles. The summed E-state index contributed by atoms with van der Waals surface area (Å²) in [6.07, 6.45) is 0. The fourth-order valence-corrected chi connectivity index (χ4v) is 2.78. The summed E-state index contributed by atoms with van der Waals surface area (Å²) < 4.78 is 27.6. The van der Waals surface area contributed by atoms with Crippen molar-refractivity contribution in [2.75, 3.05) is 11.1 Å². The lowest BCUT2D eigenvalue weighted by Gasteiger charge is -2.06. The van der Waals surface area contributed by atoms with Crippen molar-refractivity contribution in [3.63, 3.8) is 0 Å². The molecule has 0 bridgehead atoms. The second kappa shape index (κ2) is 7.39. The highest BCUT2D eigenvalue weighted by molar-refractivity contribution is 7.99. The van der Waals surface area contributed by atoms with Crippen LogP contribution in [0.15, 0.2) is 47.6 Å². The van der Waals surface area contributed by atoms with Gasteiger partial charge < -0.3 is 5.32 Å². The number of hydrogen-bond acceptors (Lipinski definition) is 5. The van der Waals surface area contributed by atoms with Gasteiger partial charge in [0.05, 0.1) is 11.4 Å². The number of hydrogen-bond donors (Lipinski definition) is 1. The first kappa shape index (κ1) is 17.0. The van der Waals surface area contributed by atoms with Gasteiger partial charge in [-0.05, 0) is 47.2 Å². The molecule has 0 fully saturated rings. The van der Waals surface area contributed by atoms with Crippen molar-refractivity contribution in [2.45, 2.75) is 12.1 Å². The van der Waals surface area contributed by atoms with E-state index in [0.717, 1.165) is 35.1 Å². The van der Waals surface area contributed by atoms with Crippen molar-refractivity contribution in [3.05, 3.63) is 59.7 Å². The quantitative estimate of drug-likeness (QED) is 0.708. The van der Waals surface area contributed by atoms with Crippen LogP contribution in [0.2, 0.25) is 0 Å². The number of nitrogens with zero attached hydrogens (tertiary/aromatic N) is 4. The van der Waals surface area contributed by atoms with Gasteiger partial charge in [-0.25, -0.2) is 8.78 Å². The number of halogens is 2. The first-order valence-corrected chi connectivity index (χ1v) is 8.24.